The molecule has 0 bridgehead atoms. The largest absolute Gasteiger partial charge is 0.383 e. The molecule has 0 radical (unpaired) electrons. The minimum Gasteiger partial charge on any atom is -0.383 e. The van der Waals surface area contributed by atoms with Gasteiger partial charge in [-0.1, -0.05) is 30.3 Å². The van der Waals surface area contributed by atoms with Crippen LogP contribution in [0, 0.1) is 0 Å². The highest BCUT2D eigenvalue weighted by molar-refractivity contribution is 7.08. The minimum absolute atomic E-state index is 0.0672. The van der Waals surface area contributed by atoms with Crippen LogP contribution in [0.4, 0.5) is 0 Å². The van der Waals surface area contributed by atoms with Crippen molar-refractivity contribution >= 4 is 17.3 Å². The fourth-order valence-electron chi connectivity index (χ4n) is 2.43. The molecule has 2 rings (SSSR count). The van der Waals surface area contributed by atoms with Crippen molar-refractivity contribution in [1.29, 1.82) is 0 Å². The number of guanidine groups is 1. The van der Waals surface area contributed by atoms with Gasteiger partial charge in [0.1, 0.15) is 5.60 Å². The van der Waals surface area contributed by atoms with E-state index in [1.807, 2.05) is 54.1 Å². The third-order valence-electron chi connectivity index (χ3n) is 3.94. The molecule has 1 aromatic carbocycles. The first-order chi connectivity index (χ1) is 12.1. The van der Waals surface area contributed by atoms with Crippen molar-refractivity contribution in [3.63, 3.8) is 0 Å². The first kappa shape index (κ1) is 19.4. The Morgan fingerprint density at radius 3 is 2.64 bits per heavy atom. The van der Waals surface area contributed by atoms with E-state index < -0.39 is 5.60 Å². The summed E-state index contributed by atoms with van der Waals surface area (Å²) in [7, 11) is 1.70. The third kappa shape index (κ3) is 5.85. The van der Waals surface area contributed by atoms with Crippen LogP contribution in [0.25, 0.3) is 0 Å². The standard InChI is InChI=1S/C19H27N3O2S/c1-4-20-18(22-14-19(2,23)16-10-11-25-13-16)21-12-17(24-3)15-8-6-5-7-9-15/h5-11,13,17,23H,4,12,14H2,1-3H3,(H2,20,21,22). The zero-order valence-electron chi connectivity index (χ0n) is 15.0. The average Bonchev–Trinajstić information content (AvgIpc) is 3.17. The highest BCUT2D eigenvalue weighted by atomic mass is 32.1. The molecule has 0 saturated heterocycles. The number of benzene rings is 1. The fourth-order valence-corrected chi connectivity index (χ4v) is 3.21. The maximum atomic E-state index is 10.6. The molecule has 0 spiro atoms. The average molecular weight is 362 g/mol. The number of rotatable bonds is 8. The highest BCUT2D eigenvalue weighted by Crippen LogP contribution is 2.23. The Morgan fingerprint density at radius 2 is 2.04 bits per heavy atom. The van der Waals surface area contributed by atoms with Gasteiger partial charge in [0.2, 0.25) is 0 Å². The van der Waals surface area contributed by atoms with Gasteiger partial charge in [-0.15, -0.1) is 0 Å². The van der Waals surface area contributed by atoms with E-state index in [0.29, 0.717) is 12.5 Å². The molecule has 0 amide bonds. The maximum Gasteiger partial charge on any atom is 0.191 e. The Bertz CT molecular complexity index is 642. The van der Waals surface area contributed by atoms with E-state index in [-0.39, 0.29) is 12.6 Å². The van der Waals surface area contributed by atoms with Crippen molar-refractivity contribution in [2.75, 3.05) is 26.7 Å². The number of methoxy groups -OCH3 is 1. The van der Waals surface area contributed by atoms with Gasteiger partial charge in [-0.05, 0) is 41.8 Å². The molecule has 3 N–H and O–H groups in total. The first-order valence-electron chi connectivity index (χ1n) is 8.41. The van der Waals surface area contributed by atoms with E-state index in [9.17, 15) is 5.11 Å². The Hall–Kier alpha value is -1.89. The summed E-state index contributed by atoms with van der Waals surface area (Å²) in [5.41, 5.74) is 1.01. The predicted octanol–water partition coefficient (Wildman–Crippen LogP) is 2.90. The van der Waals surface area contributed by atoms with Crippen LogP contribution in [-0.4, -0.2) is 37.8 Å². The maximum absolute atomic E-state index is 10.6. The van der Waals surface area contributed by atoms with E-state index in [0.717, 1.165) is 17.7 Å². The zero-order valence-corrected chi connectivity index (χ0v) is 15.8. The summed E-state index contributed by atoms with van der Waals surface area (Å²) in [5, 5.41) is 21.0. The molecule has 1 heterocycles. The van der Waals surface area contributed by atoms with Crippen LogP contribution in [0.1, 0.15) is 31.1 Å². The van der Waals surface area contributed by atoms with Gasteiger partial charge >= 0.3 is 0 Å². The summed E-state index contributed by atoms with van der Waals surface area (Å²) in [6.07, 6.45) is -0.0672. The number of hydrogen-bond donors (Lipinski definition) is 3. The monoisotopic (exact) mass is 361 g/mol. The minimum atomic E-state index is -0.984. The van der Waals surface area contributed by atoms with E-state index >= 15 is 0 Å². The predicted molar refractivity (Wildman–Crippen MR) is 104 cm³/mol. The van der Waals surface area contributed by atoms with Crippen molar-refractivity contribution in [2.45, 2.75) is 25.6 Å². The lowest BCUT2D eigenvalue weighted by Gasteiger charge is -2.22. The van der Waals surface area contributed by atoms with Crippen molar-refractivity contribution in [3.8, 4) is 0 Å². The Labute approximate surface area is 153 Å². The van der Waals surface area contributed by atoms with Gasteiger partial charge in [-0.2, -0.15) is 11.3 Å². The van der Waals surface area contributed by atoms with Gasteiger partial charge < -0.3 is 20.5 Å². The lowest BCUT2D eigenvalue weighted by Crippen LogP contribution is -2.40. The molecule has 2 atom stereocenters. The lowest BCUT2D eigenvalue weighted by atomic mass is 10.00. The summed E-state index contributed by atoms with van der Waals surface area (Å²) in [6, 6.07) is 12.0. The van der Waals surface area contributed by atoms with Crippen LogP contribution >= 0.6 is 11.3 Å². The molecular weight excluding hydrogens is 334 g/mol. The van der Waals surface area contributed by atoms with Gasteiger partial charge in [-0.25, -0.2) is 4.99 Å². The normalized spacial score (nSPS) is 15.4. The number of ether oxygens (including phenoxy) is 1. The summed E-state index contributed by atoms with van der Waals surface area (Å²) in [4.78, 5) is 4.53. The number of thiophene rings is 1. The van der Waals surface area contributed by atoms with Crippen molar-refractivity contribution in [3.05, 3.63) is 58.3 Å². The van der Waals surface area contributed by atoms with Gasteiger partial charge in [0.05, 0.1) is 12.6 Å². The summed E-state index contributed by atoms with van der Waals surface area (Å²) in [5.74, 6) is 0.663. The van der Waals surface area contributed by atoms with Gasteiger partial charge in [0.15, 0.2) is 5.96 Å². The van der Waals surface area contributed by atoms with Gasteiger partial charge in [0.25, 0.3) is 0 Å². The molecule has 2 unspecified atom stereocenters. The van der Waals surface area contributed by atoms with E-state index in [4.69, 9.17) is 4.74 Å². The number of aliphatic hydroxyl groups is 1. The first-order valence-corrected chi connectivity index (χ1v) is 9.36. The van der Waals surface area contributed by atoms with Crippen LogP contribution in [0.2, 0.25) is 0 Å². The topological polar surface area (TPSA) is 65.9 Å². The highest BCUT2D eigenvalue weighted by Gasteiger charge is 2.23. The number of nitrogens with zero attached hydrogens (tertiary/aromatic N) is 1. The molecule has 136 valence electrons. The second-order valence-electron chi connectivity index (χ2n) is 6.00. The smallest absolute Gasteiger partial charge is 0.191 e. The van der Waals surface area contributed by atoms with Gasteiger partial charge in [-0.3, -0.25) is 0 Å². The van der Waals surface area contributed by atoms with Crippen LogP contribution < -0.4 is 10.6 Å². The second-order valence-corrected chi connectivity index (χ2v) is 6.78. The lowest BCUT2D eigenvalue weighted by molar-refractivity contribution is 0.0676. The third-order valence-corrected chi connectivity index (χ3v) is 4.63. The SMILES string of the molecule is CCNC(=NCC(C)(O)c1ccsc1)NCC(OC)c1ccccc1. The van der Waals surface area contributed by atoms with Crippen LogP contribution in [0.5, 0.6) is 0 Å². The van der Waals surface area contributed by atoms with Crippen LogP contribution in [-0.2, 0) is 10.3 Å². The number of hydrogen-bond acceptors (Lipinski definition) is 4. The van der Waals surface area contributed by atoms with E-state index in [2.05, 4.69) is 15.6 Å². The molecule has 6 heteroatoms. The molecule has 0 fully saturated rings. The summed E-state index contributed by atoms with van der Waals surface area (Å²) < 4.78 is 5.58. The van der Waals surface area contributed by atoms with Crippen molar-refractivity contribution in [1.82, 2.24) is 10.6 Å². The molecule has 1 aromatic heterocycles. The molecule has 25 heavy (non-hydrogen) atoms. The molecule has 5 nitrogen and oxygen atoms in total. The fraction of sp³-hybridized carbons (Fsp3) is 0.421. The summed E-state index contributed by atoms with van der Waals surface area (Å²) in [6.45, 7) is 5.41. The quantitative estimate of drug-likeness (QED) is 0.500. The Kier molecular flexibility index (Phi) is 7.43. The van der Waals surface area contributed by atoms with Crippen molar-refractivity contribution < 1.29 is 9.84 Å². The van der Waals surface area contributed by atoms with E-state index in [1.165, 1.54) is 0 Å². The Balaban J connectivity index is 2.00. The molecule has 0 saturated carbocycles. The molecule has 0 aliphatic carbocycles. The van der Waals surface area contributed by atoms with Gasteiger partial charge in [0, 0.05) is 20.2 Å². The molecular formula is C19H27N3O2S. The zero-order chi connectivity index (χ0) is 18.1. The molecule has 0 aliphatic rings. The second kappa shape index (κ2) is 9.56. The van der Waals surface area contributed by atoms with Crippen molar-refractivity contribution in [2.24, 2.45) is 4.99 Å². The van der Waals surface area contributed by atoms with Crippen LogP contribution in [0.15, 0.2) is 52.2 Å². The number of nitrogens with one attached hydrogen (secondary N) is 2. The Morgan fingerprint density at radius 1 is 1.28 bits per heavy atom. The number of aliphatic imine (C=N–C) groups is 1. The molecule has 0 aliphatic heterocycles. The van der Waals surface area contributed by atoms with E-state index in [1.54, 1.807) is 25.4 Å². The van der Waals surface area contributed by atoms with Crippen LogP contribution in [0.3, 0.4) is 0 Å². The molecule has 2 aromatic rings. The summed E-state index contributed by atoms with van der Waals surface area (Å²) >= 11 is 1.57.